The Hall–Kier alpha value is -6.71. The molecule has 2 aliphatic rings. The molecule has 0 fully saturated rings. The van der Waals surface area contributed by atoms with Crippen LogP contribution in [0.25, 0.3) is 0 Å². The fourth-order valence-corrected chi connectivity index (χ4v) is 4.08. The predicted molar refractivity (Wildman–Crippen MR) is 181 cm³/mol. The van der Waals surface area contributed by atoms with Crippen LogP contribution in [0.15, 0.2) is 64.8 Å². The number of nitrogen functional groups attached to an aromatic ring is 1. The van der Waals surface area contributed by atoms with Gasteiger partial charge in [0.25, 0.3) is 5.91 Å². The highest BCUT2D eigenvalue weighted by atomic mass is 19.1. The molecule has 270 valence electrons. The molecule has 1 amide bonds. The highest BCUT2D eigenvalue weighted by Crippen LogP contribution is 2.27. The second-order valence-corrected chi connectivity index (χ2v) is 9.73. The van der Waals surface area contributed by atoms with Crippen LogP contribution in [0.3, 0.4) is 0 Å². The molecule has 21 heteroatoms. The van der Waals surface area contributed by atoms with Crippen molar-refractivity contribution >= 4 is 47.4 Å². The Balaban J connectivity index is 0.000000457. The number of nitrogens with two attached hydrogens (primary N) is 1. The van der Waals surface area contributed by atoms with Gasteiger partial charge in [0.05, 0.1) is 30.2 Å². The Morgan fingerprint density at radius 3 is 2.45 bits per heavy atom. The number of anilines is 2. The molecule has 1 aromatic heterocycles. The molecule has 2 aliphatic heterocycles. The van der Waals surface area contributed by atoms with Crippen molar-refractivity contribution in [2.75, 3.05) is 43.5 Å². The summed E-state index contributed by atoms with van der Waals surface area (Å²) in [5.41, 5.74) is 8.26. The van der Waals surface area contributed by atoms with E-state index >= 15 is 0 Å². The van der Waals surface area contributed by atoms with Crippen molar-refractivity contribution in [2.45, 2.75) is 12.8 Å². The topological polar surface area (TPSA) is 283 Å². The molecule has 0 unspecified atom stereocenters. The number of hydrogen-bond donors (Lipinski definition) is 9. The molecule has 0 saturated carbocycles. The standard InChI is InChI=1S/C24H24FN7O6.C5H7N5O.CH4O/c1-26-20-12-21(17(25)11-16(20)24(35)36)38-9-3-2-8-37-15-5-4-14(13-33)19(10-15)27-23(34)18-6-7-22-28-30-31-32(22)29-18;6-5-2-1-4(3-11)8-10(5)9-7;1-2/h4-7,10-13,26,30-31H,2-3,8-9H2,1H3,(H,27,34)(H,35,36);1-3,6,9H,7H2;2H,1H3. The lowest BCUT2D eigenvalue weighted by Crippen LogP contribution is -2.40. The van der Waals surface area contributed by atoms with E-state index in [2.05, 4.69) is 42.5 Å². The largest absolute Gasteiger partial charge is 0.494 e. The van der Waals surface area contributed by atoms with Crippen LogP contribution in [0.5, 0.6) is 11.5 Å². The number of aliphatic hydroxyl groups is 1. The van der Waals surface area contributed by atoms with Crippen LogP contribution in [0.4, 0.5) is 15.8 Å². The second kappa shape index (κ2) is 19.3. The number of hydrogen-bond acceptors (Lipinski definition) is 17. The second-order valence-electron chi connectivity index (χ2n) is 9.73. The molecular weight excluding hydrogens is 675 g/mol. The summed E-state index contributed by atoms with van der Waals surface area (Å²) in [5, 5.41) is 41.6. The number of ether oxygens (including phenoxy) is 2. The number of amidine groups is 1. The summed E-state index contributed by atoms with van der Waals surface area (Å²) in [4.78, 5) is 46.5. The van der Waals surface area contributed by atoms with Crippen molar-refractivity contribution in [1.29, 1.82) is 5.41 Å². The zero-order chi connectivity index (χ0) is 37.3. The Labute approximate surface area is 288 Å². The van der Waals surface area contributed by atoms with E-state index in [9.17, 15) is 23.6 Å². The van der Waals surface area contributed by atoms with Gasteiger partial charge in [0.2, 0.25) is 0 Å². The van der Waals surface area contributed by atoms with Crippen molar-refractivity contribution in [1.82, 2.24) is 26.1 Å². The molecule has 10 N–H and O–H groups in total. The van der Waals surface area contributed by atoms with Gasteiger partial charge in [-0.15, -0.1) is 25.6 Å². The SMILES string of the molecule is CNc1cc(OCCCCOc2ccc(C=O)c(NC(=O)C3=NN4NNN=C4C=C3)c2)c(F)cc1C(=O)O.CO.N=c1ccc(C=O)nn1NN. The highest BCUT2D eigenvalue weighted by molar-refractivity contribution is 6.48. The molecule has 0 saturated heterocycles. The summed E-state index contributed by atoms with van der Waals surface area (Å²) in [5.74, 6) is 3.31. The van der Waals surface area contributed by atoms with E-state index in [4.69, 9.17) is 30.9 Å². The van der Waals surface area contributed by atoms with E-state index in [0.717, 1.165) is 18.0 Å². The van der Waals surface area contributed by atoms with Crippen LogP contribution < -0.4 is 48.0 Å². The van der Waals surface area contributed by atoms with Crippen molar-refractivity contribution in [2.24, 2.45) is 16.0 Å². The number of carbonyl (C=O) groups excluding carboxylic acids is 3. The number of nitrogens with zero attached hydrogens (tertiary/aromatic N) is 5. The first-order chi connectivity index (χ1) is 24.7. The number of rotatable bonds is 14. The molecule has 0 atom stereocenters. The fraction of sp³-hybridized carbons (Fsp3) is 0.200. The van der Waals surface area contributed by atoms with E-state index in [1.807, 2.05) is 0 Å². The number of carbonyl (C=O) groups is 4. The van der Waals surface area contributed by atoms with Crippen molar-refractivity contribution in [3.05, 3.63) is 82.7 Å². The van der Waals surface area contributed by atoms with Gasteiger partial charge in [0.15, 0.2) is 41.2 Å². The van der Waals surface area contributed by atoms with Gasteiger partial charge in [-0.25, -0.2) is 26.1 Å². The Bertz CT molecular complexity index is 1880. The van der Waals surface area contributed by atoms with Crippen LogP contribution in [0, 0.1) is 11.2 Å². The minimum absolute atomic E-state index is 0.0530. The number of aldehydes is 2. The monoisotopic (exact) mass is 710 g/mol. The maximum absolute atomic E-state index is 14.2. The van der Waals surface area contributed by atoms with E-state index in [0.29, 0.717) is 43.6 Å². The van der Waals surface area contributed by atoms with Crippen LogP contribution >= 0.6 is 0 Å². The van der Waals surface area contributed by atoms with Crippen molar-refractivity contribution < 1.29 is 43.3 Å². The Morgan fingerprint density at radius 2 is 1.78 bits per heavy atom. The lowest BCUT2D eigenvalue weighted by molar-refractivity contribution is -0.110. The first kappa shape index (κ1) is 38.7. The maximum Gasteiger partial charge on any atom is 0.337 e. The predicted octanol–water partition coefficient (Wildman–Crippen LogP) is 0.319. The third-order valence-electron chi connectivity index (χ3n) is 6.51. The summed E-state index contributed by atoms with van der Waals surface area (Å²) in [6.45, 7) is 0.481. The molecule has 0 spiro atoms. The molecule has 51 heavy (non-hydrogen) atoms. The zero-order valence-corrected chi connectivity index (χ0v) is 27.2. The quantitative estimate of drug-likeness (QED) is 0.0471. The molecule has 0 radical (unpaired) electrons. The van der Waals surface area contributed by atoms with Crippen LogP contribution in [0.1, 0.15) is 44.0 Å². The summed E-state index contributed by atoms with van der Waals surface area (Å²) < 4.78 is 25.4. The molecule has 0 bridgehead atoms. The molecule has 20 nitrogen and oxygen atoms in total. The zero-order valence-electron chi connectivity index (χ0n) is 27.2. The third-order valence-corrected chi connectivity index (χ3v) is 6.51. The number of unbranched alkanes of at least 4 members (excludes halogenated alkanes) is 1. The van der Waals surface area contributed by atoms with Crippen molar-refractivity contribution in [3.8, 4) is 11.5 Å². The highest BCUT2D eigenvalue weighted by Gasteiger charge is 2.22. The molecule has 0 aliphatic carbocycles. The van der Waals surface area contributed by atoms with Gasteiger partial charge in [-0.1, -0.05) is 0 Å². The van der Waals surface area contributed by atoms with Gasteiger partial charge < -0.3 is 30.3 Å². The number of hydrazone groups is 2. The number of halogens is 1. The Morgan fingerprint density at radius 1 is 1.04 bits per heavy atom. The van der Waals surface area contributed by atoms with Gasteiger partial charge in [-0.05, 0) is 55.3 Å². The van der Waals surface area contributed by atoms with E-state index in [-0.39, 0.29) is 51.8 Å². The van der Waals surface area contributed by atoms with Gasteiger partial charge in [0, 0.05) is 31.9 Å². The number of fused-ring (bicyclic) bond motifs is 1. The number of benzene rings is 2. The number of hydrazine groups is 3. The fourth-order valence-electron chi connectivity index (χ4n) is 4.08. The average Bonchev–Trinajstić information content (AvgIpc) is 3.63. The number of carboxylic acids is 1. The molecular formula is C30H35FN12O8. The summed E-state index contributed by atoms with van der Waals surface area (Å²) in [6.07, 6.45) is 5.38. The van der Waals surface area contributed by atoms with Crippen LogP contribution in [-0.2, 0) is 4.79 Å². The minimum atomic E-state index is -1.24. The smallest absolute Gasteiger partial charge is 0.337 e. The third kappa shape index (κ3) is 10.6. The molecule has 3 heterocycles. The molecule has 5 rings (SSSR count). The maximum atomic E-state index is 14.2. The first-order valence-electron chi connectivity index (χ1n) is 14.7. The first-order valence-corrected chi connectivity index (χ1v) is 14.7. The van der Waals surface area contributed by atoms with E-state index in [1.165, 1.54) is 48.6 Å². The summed E-state index contributed by atoms with van der Waals surface area (Å²) in [7, 11) is 2.54. The number of aromatic nitrogens is 2. The van der Waals surface area contributed by atoms with E-state index in [1.54, 1.807) is 12.1 Å². The minimum Gasteiger partial charge on any atom is -0.494 e. The lowest BCUT2D eigenvalue weighted by Gasteiger charge is -2.16. The van der Waals surface area contributed by atoms with Crippen LogP contribution in [-0.4, -0.2) is 88.6 Å². The molecule has 2 aromatic carbocycles. The lowest BCUT2D eigenvalue weighted by atomic mass is 10.1. The summed E-state index contributed by atoms with van der Waals surface area (Å²) >= 11 is 0. The van der Waals surface area contributed by atoms with Gasteiger partial charge in [0.1, 0.15) is 11.4 Å². The number of amides is 1. The number of aromatic carboxylic acids is 1. The number of nitrogens with one attached hydrogen (secondary N) is 6. The Kier molecular flexibility index (Phi) is 14.7. The number of aliphatic hydroxyl groups excluding tert-OH is 1. The van der Waals surface area contributed by atoms with Crippen LogP contribution in [0.2, 0.25) is 0 Å². The van der Waals surface area contributed by atoms with Gasteiger partial charge >= 0.3 is 5.97 Å². The normalized spacial score (nSPS) is 12.2. The van der Waals surface area contributed by atoms with E-state index < -0.39 is 17.7 Å². The molecule has 3 aromatic rings. The van der Waals surface area contributed by atoms with Gasteiger partial charge in [-0.3, -0.25) is 19.8 Å². The summed E-state index contributed by atoms with van der Waals surface area (Å²) in [6, 6.07) is 9.73. The van der Waals surface area contributed by atoms with Crippen molar-refractivity contribution in [3.63, 3.8) is 0 Å². The number of carboxylic acid groups (broad SMARTS) is 1. The van der Waals surface area contributed by atoms with Gasteiger partial charge in [-0.2, -0.15) is 5.12 Å². The average molecular weight is 711 g/mol.